The van der Waals surface area contributed by atoms with E-state index in [1.54, 1.807) is 7.11 Å². The molecule has 2 N–H and O–H groups in total. The Labute approximate surface area is 106 Å². The number of carbonyl (C=O) groups is 2. The highest BCUT2D eigenvalue weighted by Crippen LogP contribution is 2.20. The molecule has 0 atom stereocenters. The van der Waals surface area contributed by atoms with E-state index in [0.29, 0.717) is 5.75 Å². The van der Waals surface area contributed by atoms with Gasteiger partial charge in [-0.25, -0.2) is 0 Å². The molecule has 0 bridgehead atoms. The van der Waals surface area contributed by atoms with Crippen molar-refractivity contribution >= 4 is 11.9 Å². The molecule has 1 amide bonds. The molecule has 0 radical (unpaired) electrons. The number of carboxylic acids is 1. The summed E-state index contributed by atoms with van der Waals surface area (Å²) in [6.45, 7) is 2.08. The first-order valence-corrected chi connectivity index (χ1v) is 5.65. The lowest BCUT2D eigenvalue weighted by Gasteiger charge is -2.09. The molecule has 0 aromatic heterocycles. The smallest absolute Gasteiger partial charge is 0.305 e. The third-order valence-electron chi connectivity index (χ3n) is 2.45. The summed E-state index contributed by atoms with van der Waals surface area (Å²) in [5.41, 5.74) is 1.85. The third kappa shape index (κ3) is 4.45. The van der Waals surface area contributed by atoms with Crippen molar-refractivity contribution in [2.24, 2.45) is 0 Å². The van der Waals surface area contributed by atoms with Gasteiger partial charge in [0.15, 0.2) is 0 Å². The van der Waals surface area contributed by atoms with Crippen molar-refractivity contribution in [3.8, 4) is 5.75 Å². The fraction of sp³-hybridized carbons (Fsp3) is 0.385. The van der Waals surface area contributed by atoms with Crippen molar-refractivity contribution in [2.45, 2.75) is 19.8 Å². The number of hydrogen-bond acceptors (Lipinski definition) is 3. The Kier molecular flexibility index (Phi) is 5.17. The Balaban J connectivity index is 2.56. The van der Waals surface area contributed by atoms with Gasteiger partial charge < -0.3 is 15.2 Å². The van der Waals surface area contributed by atoms with Crippen LogP contribution in [0.4, 0.5) is 0 Å². The Morgan fingerprint density at radius 2 is 2.11 bits per heavy atom. The summed E-state index contributed by atoms with van der Waals surface area (Å²) in [4.78, 5) is 21.9. The molecule has 5 nitrogen and oxygen atoms in total. The second-order valence-electron chi connectivity index (χ2n) is 3.99. The van der Waals surface area contributed by atoms with Gasteiger partial charge in [0.25, 0.3) is 0 Å². The van der Waals surface area contributed by atoms with Crippen LogP contribution in [0.3, 0.4) is 0 Å². The van der Waals surface area contributed by atoms with Crippen molar-refractivity contribution < 1.29 is 19.4 Å². The SMILES string of the molecule is COc1cc(C)ccc1CC(=O)NCCC(=O)O. The number of carboxylic acid groups (broad SMARTS) is 1. The zero-order valence-electron chi connectivity index (χ0n) is 10.5. The second kappa shape index (κ2) is 6.64. The zero-order chi connectivity index (χ0) is 13.5. The Morgan fingerprint density at radius 1 is 1.39 bits per heavy atom. The van der Waals surface area contributed by atoms with Gasteiger partial charge in [-0.2, -0.15) is 0 Å². The van der Waals surface area contributed by atoms with Gasteiger partial charge >= 0.3 is 5.97 Å². The van der Waals surface area contributed by atoms with E-state index in [4.69, 9.17) is 9.84 Å². The molecule has 0 unspecified atom stereocenters. The summed E-state index contributed by atoms with van der Waals surface area (Å²) < 4.78 is 5.20. The highest BCUT2D eigenvalue weighted by Gasteiger charge is 2.09. The van der Waals surface area contributed by atoms with Gasteiger partial charge in [-0.1, -0.05) is 12.1 Å². The largest absolute Gasteiger partial charge is 0.496 e. The van der Waals surface area contributed by atoms with E-state index in [-0.39, 0.29) is 25.3 Å². The van der Waals surface area contributed by atoms with Crippen LogP contribution in [0, 0.1) is 6.92 Å². The van der Waals surface area contributed by atoms with Crippen molar-refractivity contribution in [2.75, 3.05) is 13.7 Å². The minimum Gasteiger partial charge on any atom is -0.496 e. The van der Waals surface area contributed by atoms with Crippen LogP contribution < -0.4 is 10.1 Å². The van der Waals surface area contributed by atoms with E-state index >= 15 is 0 Å². The first-order chi connectivity index (χ1) is 8.52. The number of nitrogens with one attached hydrogen (secondary N) is 1. The van der Waals surface area contributed by atoms with Crippen molar-refractivity contribution in [3.05, 3.63) is 29.3 Å². The lowest BCUT2D eigenvalue weighted by Crippen LogP contribution is -2.27. The van der Waals surface area contributed by atoms with E-state index in [1.165, 1.54) is 0 Å². The van der Waals surface area contributed by atoms with Crippen LogP contribution in [0.15, 0.2) is 18.2 Å². The van der Waals surface area contributed by atoms with E-state index in [2.05, 4.69) is 5.32 Å². The summed E-state index contributed by atoms with van der Waals surface area (Å²) in [5, 5.41) is 11.0. The predicted octanol–water partition coefficient (Wildman–Crippen LogP) is 1.14. The molecule has 18 heavy (non-hydrogen) atoms. The number of amides is 1. The van der Waals surface area contributed by atoms with Crippen LogP contribution in [-0.4, -0.2) is 30.6 Å². The van der Waals surface area contributed by atoms with Gasteiger partial charge in [-0.15, -0.1) is 0 Å². The summed E-state index contributed by atoms with van der Waals surface area (Å²) in [6.07, 6.45) is 0.111. The van der Waals surface area contributed by atoms with Crippen LogP contribution >= 0.6 is 0 Å². The molecule has 98 valence electrons. The van der Waals surface area contributed by atoms with Crippen molar-refractivity contribution in [1.82, 2.24) is 5.32 Å². The van der Waals surface area contributed by atoms with E-state index in [9.17, 15) is 9.59 Å². The molecule has 0 spiro atoms. The van der Waals surface area contributed by atoms with Crippen LogP contribution in [0.25, 0.3) is 0 Å². The maximum Gasteiger partial charge on any atom is 0.305 e. The molecule has 5 heteroatoms. The Hall–Kier alpha value is -2.04. The zero-order valence-corrected chi connectivity index (χ0v) is 10.5. The fourth-order valence-electron chi connectivity index (χ4n) is 1.54. The van der Waals surface area contributed by atoms with Crippen molar-refractivity contribution in [3.63, 3.8) is 0 Å². The molecule has 0 aliphatic heterocycles. The maximum absolute atomic E-state index is 11.6. The average Bonchev–Trinajstić information content (AvgIpc) is 2.31. The number of rotatable bonds is 6. The lowest BCUT2D eigenvalue weighted by molar-refractivity contribution is -0.136. The summed E-state index contributed by atoms with van der Waals surface area (Å²) in [6, 6.07) is 5.60. The maximum atomic E-state index is 11.6. The molecule has 1 rings (SSSR count). The molecule has 1 aromatic carbocycles. The number of methoxy groups -OCH3 is 1. The summed E-state index contributed by atoms with van der Waals surface area (Å²) >= 11 is 0. The quantitative estimate of drug-likeness (QED) is 0.795. The molecular formula is C13H17NO4. The van der Waals surface area contributed by atoms with E-state index < -0.39 is 5.97 Å². The van der Waals surface area contributed by atoms with Gasteiger partial charge in [-0.3, -0.25) is 9.59 Å². The van der Waals surface area contributed by atoms with Crippen LogP contribution in [0.5, 0.6) is 5.75 Å². The van der Waals surface area contributed by atoms with E-state index in [0.717, 1.165) is 11.1 Å². The third-order valence-corrected chi connectivity index (χ3v) is 2.45. The van der Waals surface area contributed by atoms with Gasteiger partial charge in [0.1, 0.15) is 5.75 Å². The first kappa shape index (κ1) is 14.0. The predicted molar refractivity (Wildman–Crippen MR) is 66.7 cm³/mol. The van der Waals surface area contributed by atoms with Crippen molar-refractivity contribution in [1.29, 1.82) is 0 Å². The van der Waals surface area contributed by atoms with Crippen LogP contribution in [0.1, 0.15) is 17.5 Å². The molecule has 0 saturated carbocycles. The molecule has 0 heterocycles. The molecule has 0 aliphatic rings. The number of aliphatic carboxylic acids is 1. The Morgan fingerprint density at radius 3 is 2.72 bits per heavy atom. The van der Waals surface area contributed by atoms with Crippen LogP contribution in [0.2, 0.25) is 0 Å². The standard InChI is InChI=1S/C13H17NO4/c1-9-3-4-10(11(7-9)18-2)8-12(15)14-6-5-13(16)17/h3-4,7H,5-6,8H2,1-2H3,(H,14,15)(H,16,17). The van der Waals surface area contributed by atoms with Gasteiger partial charge in [0, 0.05) is 12.1 Å². The number of aryl methyl sites for hydroxylation is 1. The number of hydrogen-bond donors (Lipinski definition) is 2. The van der Waals surface area contributed by atoms with Gasteiger partial charge in [-0.05, 0) is 18.6 Å². The van der Waals surface area contributed by atoms with Gasteiger partial charge in [0.2, 0.25) is 5.91 Å². The monoisotopic (exact) mass is 251 g/mol. The second-order valence-corrected chi connectivity index (χ2v) is 3.99. The molecule has 0 saturated heterocycles. The average molecular weight is 251 g/mol. The minimum absolute atomic E-state index is 0.0726. The highest BCUT2D eigenvalue weighted by molar-refractivity contribution is 5.79. The minimum atomic E-state index is -0.928. The normalized spacial score (nSPS) is 9.89. The fourth-order valence-corrected chi connectivity index (χ4v) is 1.54. The summed E-state index contributed by atoms with van der Waals surface area (Å²) in [5.74, 6) is -0.468. The molecule has 0 fully saturated rings. The molecular weight excluding hydrogens is 234 g/mol. The molecule has 1 aromatic rings. The van der Waals surface area contributed by atoms with Gasteiger partial charge in [0.05, 0.1) is 20.0 Å². The van der Waals surface area contributed by atoms with E-state index in [1.807, 2.05) is 25.1 Å². The number of ether oxygens (including phenoxy) is 1. The first-order valence-electron chi connectivity index (χ1n) is 5.65. The molecule has 0 aliphatic carbocycles. The number of benzene rings is 1. The highest BCUT2D eigenvalue weighted by atomic mass is 16.5. The Bertz CT molecular complexity index is 443. The van der Waals surface area contributed by atoms with Crippen LogP contribution in [-0.2, 0) is 16.0 Å². The number of carbonyl (C=O) groups excluding carboxylic acids is 1. The topological polar surface area (TPSA) is 75.6 Å². The summed E-state index contributed by atoms with van der Waals surface area (Å²) in [7, 11) is 1.56. The lowest BCUT2D eigenvalue weighted by atomic mass is 10.1.